The average Bonchev–Trinajstić information content (AvgIpc) is 2.73. The topological polar surface area (TPSA) is 59.0 Å². The van der Waals surface area contributed by atoms with Crippen LogP contribution in [0.15, 0.2) is 24.3 Å². The van der Waals surface area contributed by atoms with Crippen molar-refractivity contribution < 1.29 is 4.74 Å². The minimum atomic E-state index is -0.620. The minimum absolute atomic E-state index is 0.413. The Labute approximate surface area is 95.8 Å². The highest BCUT2D eigenvalue weighted by Gasteiger charge is 2.36. The number of methoxy groups -OCH3 is 1. The summed E-state index contributed by atoms with van der Waals surface area (Å²) in [5.41, 5.74) is 6.59. The molecular weight excluding hydrogens is 200 g/mol. The van der Waals surface area contributed by atoms with Gasteiger partial charge in [0.15, 0.2) is 0 Å². The van der Waals surface area contributed by atoms with E-state index in [9.17, 15) is 0 Å². The van der Waals surface area contributed by atoms with Crippen LogP contribution in [0.1, 0.15) is 30.7 Å². The Morgan fingerprint density at radius 1 is 1.44 bits per heavy atom. The van der Waals surface area contributed by atoms with E-state index in [0.717, 1.165) is 25.0 Å². The van der Waals surface area contributed by atoms with E-state index in [1.54, 1.807) is 7.11 Å². The van der Waals surface area contributed by atoms with Crippen LogP contribution >= 0.6 is 0 Å². The van der Waals surface area contributed by atoms with Crippen molar-refractivity contribution in [2.45, 2.75) is 30.7 Å². The summed E-state index contributed by atoms with van der Waals surface area (Å²) in [6, 6.07) is 10.3. The van der Waals surface area contributed by atoms with Gasteiger partial charge >= 0.3 is 0 Å². The summed E-state index contributed by atoms with van der Waals surface area (Å²) in [6.45, 7) is 0. The van der Waals surface area contributed by atoms with Gasteiger partial charge in [-0.2, -0.15) is 5.26 Å². The molecule has 1 aromatic carbocycles. The zero-order valence-electron chi connectivity index (χ0n) is 9.44. The Morgan fingerprint density at radius 3 is 2.62 bits per heavy atom. The van der Waals surface area contributed by atoms with Gasteiger partial charge < -0.3 is 10.5 Å². The van der Waals surface area contributed by atoms with Gasteiger partial charge in [0.25, 0.3) is 0 Å². The third kappa shape index (κ3) is 2.02. The first-order chi connectivity index (χ1) is 7.67. The lowest BCUT2D eigenvalue weighted by atomic mass is 9.94. The molecular formula is C13H16N2O. The van der Waals surface area contributed by atoms with Gasteiger partial charge in [0.05, 0.1) is 13.2 Å². The molecule has 0 spiro atoms. The number of nitrogens with zero attached hydrogens (tertiary/aromatic N) is 1. The maximum Gasteiger partial charge on any atom is 0.118 e. The van der Waals surface area contributed by atoms with Gasteiger partial charge in [-0.1, -0.05) is 12.1 Å². The molecule has 0 aromatic heterocycles. The van der Waals surface area contributed by atoms with Crippen molar-refractivity contribution in [2.24, 2.45) is 5.73 Å². The molecule has 0 heterocycles. The van der Waals surface area contributed by atoms with Crippen LogP contribution in [0.25, 0.3) is 0 Å². The first-order valence-electron chi connectivity index (χ1n) is 5.51. The summed E-state index contributed by atoms with van der Waals surface area (Å²) in [5, 5.41) is 8.98. The van der Waals surface area contributed by atoms with Gasteiger partial charge in [-0.25, -0.2) is 0 Å². The third-order valence-electron chi connectivity index (χ3n) is 3.36. The van der Waals surface area contributed by atoms with E-state index >= 15 is 0 Å². The minimum Gasteiger partial charge on any atom is -0.497 e. The summed E-state index contributed by atoms with van der Waals surface area (Å²) in [6.07, 6.45) is 2.55. The number of hydrogen-bond donors (Lipinski definition) is 1. The van der Waals surface area contributed by atoms with E-state index in [1.165, 1.54) is 5.56 Å². The number of nitrogens with two attached hydrogens (primary N) is 1. The van der Waals surface area contributed by atoms with Crippen molar-refractivity contribution in [1.29, 1.82) is 5.26 Å². The summed E-state index contributed by atoms with van der Waals surface area (Å²) in [7, 11) is 1.66. The molecule has 3 nitrogen and oxygen atoms in total. The number of rotatable bonds is 2. The van der Waals surface area contributed by atoms with E-state index in [0.29, 0.717) is 5.92 Å². The number of benzene rings is 1. The molecule has 1 aliphatic rings. The molecule has 0 amide bonds. The van der Waals surface area contributed by atoms with Gasteiger partial charge in [0, 0.05) is 0 Å². The zero-order valence-corrected chi connectivity index (χ0v) is 9.44. The molecule has 1 saturated carbocycles. The van der Waals surface area contributed by atoms with Gasteiger partial charge in [-0.15, -0.1) is 0 Å². The Morgan fingerprint density at radius 2 is 2.12 bits per heavy atom. The van der Waals surface area contributed by atoms with Crippen LogP contribution in [0.5, 0.6) is 5.75 Å². The summed E-state index contributed by atoms with van der Waals surface area (Å²) in [4.78, 5) is 0. The first kappa shape index (κ1) is 11.0. The molecule has 2 N–H and O–H groups in total. The zero-order chi connectivity index (χ0) is 11.6. The summed E-state index contributed by atoms with van der Waals surface area (Å²) >= 11 is 0. The maximum atomic E-state index is 8.98. The second-order valence-electron chi connectivity index (χ2n) is 4.48. The smallest absolute Gasteiger partial charge is 0.118 e. The highest BCUT2D eigenvalue weighted by atomic mass is 16.5. The standard InChI is InChI=1S/C13H16N2O/c1-16-12-4-2-10(3-5-12)11-6-7-13(15,8-11)9-14/h2-5,11H,6-8,15H2,1H3/t11-,13+/m1/s1. The van der Waals surface area contributed by atoms with Crippen LogP contribution in [-0.4, -0.2) is 12.6 Å². The molecule has 2 atom stereocenters. The highest BCUT2D eigenvalue weighted by molar-refractivity contribution is 5.31. The average molecular weight is 216 g/mol. The van der Waals surface area contributed by atoms with Crippen LogP contribution in [0.4, 0.5) is 0 Å². The fourth-order valence-corrected chi connectivity index (χ4v) is 2.34. The third-order valence-corrected chi connectivity index (χ3v) is 3.36. The fourth-order valence-electron chi connectivity index (χ4n) is 2.34. The molecule has 3 heteroatoms. The molecule has 1 aliphatic carbocycles. The van der Waals surface area contributed by atoms with Crippen LogP contribution < -0.4 is 10.5 Å². The number of hydrogen-bond acceptors (Lipinski definition) is 3. The molecule has 0 radical (unpaired) electrons. The van der Waals surface area contributed by atoms with Crippen molar-refractivity contribution >= 4 is 0 Å². The van der Waals surface area contributed by atoms with E-state index in [1.807, 2.05) is 12.1 Å². The van der Waals surface area contributed by atoms with E-state index in [-0.39, 0.29) is 0 Å². The van der Waals surface area contributed by atoms with Crippen molar-refractivity contribution in [2.75, 3.05) is 7.11 Å². The van der Waals surface area contributed by atoms with E-state index in [4.69, 9.17) is 15.7 Å². The lowest BCUT2D eigenvalue weighted by molar-refractivity contribution is 0.414. The predicted octanol–water partition coefficient (Wildman–Crippen LogP) is 2.18. The van der Waals surface area contributed by atoms with Gasteiger partial charge in [0.2, 0.25) is 0 Å². The lowest BCUT2D eigenvalue weighted by Gasteiger charge is -2.14. The van der Waals surface area contributed by atoms with Gasteiger partial charge in [-0.05, 0) is 42.9 Å². The van der Waals surface area contributed by atoms with Crippen LogP contribution in [-0.2, 0) is 0 Å². The number of ether oxygens (including phenoxy) is 1. The molecule has 1 fully saturated rings. The van der Waals surface area contributed by atoms with E-state index < -0.39 is 5.54 Å². The molecule has 84 valence electrons. The van der Waals surface area contributed by atoms with Crippen LogP contribution in [0.2, 0.25) is 0 Å². The molecule has 1 aromatic rings. The Balaban J connectivity index is 2.12. The van der Waals surface area contributed by atoms with Gasteiger partial charge in [-0.3, -0.25) is 0 Å². The lowest BCUT2D eigenvalue weighted by Crippen LogP contribution is -2.34. The largest absolute Gasteiger partial charge is 0.497 e. The first-order valence-corrected chi connectivity index (χ1v) is 5.51. The predicted molar refractivity (Wildman–Crippen MR) is 62.1 cm³/mol. The van der Waals surface area contributed by atoms with Crippen molar-refractivity contribution in [3.05, 3.63) is 29.8 Å². The molecule has 0 bridgehead atoms. The maximum absolute atomic E-state index is 8.98. The summed E-state index contributed by atoms with van der Waals surface area (Å²) < 4.78 is 5.12. The van der Waals surface area contributed by atoms with Crippen LogP contribution in [0.3, 0.4) is 0 Å². The number of nitriles is 1. The molecule has 16 heavy (non-hydrogen) atoms. The fraction of sp³-hybridized carbons (Fsp3) is 0.462. The van der Waals surface area contributed by atoms with Crippen LogP contribution in [0, 0.1) is 11.3 Å². The van der Waals surface area contributed by atoms with Crippen molar-refractivity contribution in [3.63, 3.8) is 0 Å². The summed E-state index contributed by atoms with van der Waals surface area (Å²) in [5.74, 6) is 1.27. The molecule has 0 unspecified atom stereocenters. The molecule has 0 saturated heterocycles. The van der Waals surface area contributed by atoms with E-state index in [2.05, 4.69) is 18.2 Å². The molecule has 2 rings (SSSR count). The highest BCUT2D eigenvalue weighted by Crippen LogP contribution is 2.39. The Hall–Kier alpha value is -1.53. The van der Waals surface area contributed by atoms with Crippen molar-refractivity contribution in [3.8, 4) is 11.8 Å². The normalized spacial score (nSPS) is 28.7. The second kappa shape index (κ2) is 4.15. The SMILES string of the molecule is COc1ccc([C@@H]2CC[C@@](N)(C#N)C2)cc1. The Bertz CT molecular complexity index is 407. The van der Waals surface area contributed by atoms with Crippen molar-refractivity contribution in [1.82, 2.24) is 0 Å². The molecule has 0 aliphatic heterocycles. The quantitative estimate of drug-likeness (QED) is 0.824. The second-order valence-corrected chi connectivity index (χ2v) is 4.48. The van der Waals surface area contributed by atoms with Gasteiger partial charge in [0.1, 0.15) is 11.3 Å². The monoisotopic (exact) mass is 216 g/mol. The Kier molecular flexibility index (Phi) is 2.84.